The van der Waals surface area contributed by atoms with Gasteiger partial charge in [-0.25, -0.2) is 4.98 Å². The molecule has 1 atom stereocenters. The fourth-order valence-corrected chi connectivity index (χ4v) is 5.42. The number of rotatable bonds is 5. The molecule has 0 aromatic carbocycles. The quantitative estimate of drug-likeness (QED) is 0.608. The molecule has 2 aromatic rings. The maximum atomic E-state index is 9.50. The van der Waals surface area contributed by atoms with Crippen molar-refractivity contribution in [3.8, 4) is 6.07 Å². The van der Waals surface area contributed by atoms with Crippen LogP contribution in [0.1, 0.15) is 30.5 Å². The van der Waals surface area contributed by atoms with Crippen molar-refractivity contribution < 1.29 is 9.47 Å². The van der Waals surface area contributed by atoms with Crippen LogP contribution >= 0.6 is 35.1 Å². The van der Waals surface area contributed by atoms with Crippen molar-refractivity contribution in [1.29, 1.82) is 5.26 Å². The molecule has 4 rings (SSSR count). The van der Waals surface area contributed by atoms with Crippen molar-refractivity contribution in [3.05, 3.63) is 56.9 Å². The second kappa shape index (κ2) is 9.16. The zero-order valence-corrected chi connectivity index (χ0v) is 17.3. The summed E-state index contributed by atoms with van der Waals surface area (Å²) in [4.78, 5) is 9.45. The maximum absolute atomic E-state index is 9.50. The molecule has 0 aliphatic carbocycles. The van der Waals surface area contributed by atoms with Crippen molar-refractivity contribution in [2.45, 2.75) is 32.2 Å². The molecule has 0 N–H and O–H groups in total. The van der Waals surface area contributed by atoms with Gasteiger partial charge in [0, 0.05) is 30.1 Å². The monoisotopic (exact) mass is 432 g/mol. The fraction of sp³-hybridized carbons (Fsp3) is 0.316. The van der Waals surface area contributed by atoms with Crippen LogP contribution in [0.2, 0.25) is 5.02 Å². The Morgan fingerprint density at radius 1 is 1.46 bits per heavy atom. The van der Waals surface area contributed by atoms with E-state index in [2.05, 4.69) is 16.0 Å². The van der Waals surface area contributed by atoms with Crippen LogP contribution in [0.25, 0.3) is 10.6 Å². The van der Waals surface area contributed by atoms with E-state index in [1.165, 1.54) is 23.5 Å². The molecule has 0 saturated carbocycles. The molecule has 9 heteroatoms. The summed E-state index contributed by atoms with van der Waals surface area (Å²) in [5.74, 6) is 0. The summed E-state index contributed by atoms with van der Waals surface area (Å²) in [5, 5.41) is 12.0. The Kier molecular flexibility index (Phi) is 6.40. The molecule has 1 saturated heterocycles. The predicted molar refractivity (Wildman–Crippen MR) is 112 cm³/mol. The summed E-state index contributed by atoms with van der Waals surface area (Å²) < 4.78 is 14.0. The first-order chi connectivity index (χ1) is 13.7. The molecule has 28 heavy (non-hydrogen) atoms. The molecule has 6 nitrogen and oxygen atoms in total. The van der Waals surface area contributed by atoms with E-state index in [1.807, 2.05) is 11.5 Å². The first-order valence-electron chi connectivity index (χ1n) is 8.80. The van der Waals surface area contributed by atoms with Gasteiger partial charge in [-0.15, -0.1) is 0 Å². The molecular weight excluding hydrogens is 416 g/mol. The summed E-state index contributed by atoms with van der Waals surface area (Å²) in [7, 11) is 0. The zero-order chi connectivity index (χ0) is 19.3. The van der Waals surface area contributed by atoms with Gasteiger partial charge in [0.15, 0.2) is 6.29 Å². The molecule has 2 aliphatic rings. The van der Waals surface area contributed by atoms with Crippen LogP contribution in [0.15, 0.2) is 40.6 Å². The standard InChI is InChI=1S/C19H17ClN4O2S2/c20-14-7-13(10-26-17-3-1-2-6-25-17)9-23-18(14)16-11-27-19(28-16)15(8-21)24-5-4-22-12-24/h4-5,7,9,11-12,17H,1-3,6,10H2/b19-15+. The van der Waals surface area contributed by atoms with E-state index in [-0.39, 0.29) is 6.29 Å². The van der Waals surface area contributed by atoms with Crippen LogP contribution in [0.4, 0.5) is 0 Å². The minimum Gasteiger partial charge on any atom is -0.353 e. The fourth-order valence-electron chi connectivity index (χ4n) is 2.83. The molecule has 2 aromatic heterocycles. The molecule has 1 fully saturated rings. The Bertz CT molecular complexity index is 947. The van der Waals surface area contributed by atoms with E-state index in [0.29, 0.717) is 23.0 Å². The SMILES string of the molecule is N#C/C(=C1/SC=C(c2ncc(COC3CCCCO3)cc2Cl)S1)n1ccnc1. The third-order valence-electron chi connectivity index (χ3n) is 4.24. The van der Waals surface area contributed by atoms with Gasteiger partial charge in [-0.3, -0.25) is 9.55 Å². The lowest BCUT2D eigenvalue weighted by molar-refractivity contribution is -0.168. The van der Waals surface area contributed by atoms with Crippen LogP contribution in [-0.4, -0.2) is 27.4 Å². The molecule has 144 valence electrons. The summed E-state index contributed by atoms with van der Waals surface area (Å²) in [5.41, 5.74) is 2.15. The smallest absolute Gasteiger partial charge is 0.158 e. The van der Waals surface area contributed by atoms with Crippen LogP contribution in [0, 0.1) is 11.3 Å². The minimum absolute atomic E-state index is 0.142. The summed E-state index contributed by atoms with van der Waals surface area (Å²) >= 11 is 9.46. The van der Waals surface area contributed by atoms with E-state index in [0.717, 1.165) is 40.6 Å². The minimum atomic E-state index is -0.142. The van der Waals surface area contributed by atoms with E-state index in [4.69, 9.17) is 21.1 Å². The van der Waals surface area contributed by atoms with Gasteiger partial charge in [-0.2, -0.15) is 5.26 Å². The normalized spacial score (nSPS) is 21.3. The Morgan fingerprint density at radius 2 is 2.39 bits per heavy atom. The van der Waals surface area contributed by atoms with Crippen molar-refractivity contribution in [3.63, 3.8) is 0 Å². The van der Waals surface area contributed by atoms with E-state index in [1.54, 1.807) is 29.5 Å². The number of hydrogen-bond acceptors (Lipinski definition) is 7. The molecule has 1 unspecified atom stereocenters. The lowest BCUT2D eigenvalue weighted by atomic mass is 10.2. The van der Waals surface area contributed by atoms with Gasteiger partial charge in [0.1, 0.15) is 11.8 Å². The van der Waals surface area contributed by atoms with Crippen molar-refractivity contribution >= 4 is 45.7 Å². The highest BCUT2D eigenvalue weighted by Gasteiger charge is 2.22. The summed E-state index contributed by atoms with van der Waals surface area (Å²) in [6, 6.07) is 4.11. The zero-order valence-electron chi connectivity index (χ0n) is 14.9. The highest BCUT2D eigenvalue weighted by Crippen LogP contribution is 2.51. The van der Waals surface area contributed by atoms with E-state index >= 15 is 0 Å². The lowest BCUT2D eigenvalue weighted by Crippen LogP contribution is -2.22. The number of pyridine rings is 1. The third-order valence-corrected chi connectivity index (χ3v) is 6.89. The van der Waals surface area contributed by atoms with E-state index in [9.17, 15) is 5.26 Å². The van der Waals surface area contributed by atoms with Crippen LogP contribution in [0.5, 0.6) is 0 Å². The number of halogens is 1. The van der Waals surface area contributed by atoms with Gasteiger partial charge in [-0.05, 0) is 36.3 Å². The summed E-state index contributed by atoms with van der Waals surface area (Å²) in [6.07, 6.45) is 9.79. The predicted octanol–water partition coefficient (Wildman–Crippen LogP) is 5.10. The number of nitriles is 1. The second-order valence-corrected chi connectivity index (χ2v) is 8.80. The highest BCUT2D eigenvalue weighted by atomic mass is 35.5. The molecular formula is C19H17ClN4O2S2. The van der Waals surface area contributed by atoms with Gasteiger partial charge < -0.3 is 9.47 Å². The van der Waals surface area contributed by atoms with Crippen molar-refractivity contribution in [2.24, 2.45) is 0 Å². The number of hydrogen-bond donors (Lipinski definition) is 0. The second-order valence-electron chi connectivity index (χ2n) is 6.20. The largest absolute Gasteiger partial charge is 0.353 e. The Morgan fingerprint density at radius 3 is 3.11 bits per heavy atom. The van der Waals surface area contributed by atoms with E-state index < -0.39 is 0 Å². The lowest BCUT2D eigenvalue weighted by Gasteiger charge is -2.22. The van der Waals surface area contributed by atoms with Crippen molar-refractivity contribution in [2.75, 3.05) is 6.61 Å². The molecule has 4 heterocycles. The summed E-state index contributed by atoms with van der Waals surface area (Å²) in [6.45, 7) is 1.17. The molecule has 2 aliphatic heterocycles. The number of thioether (sulfide) groups is 2. The van der Waals surface area contributed by atoms with Gasteiger partial charge in [-0.1, -0.05) is 35.1 Å². The van der Waals surface area contributed by atoms with Crippen LogP contribution in [0.3, 0.4) is 0 Å². The number of imidazole rings is 1. The maximum Gasteiger partial charge on any atom is 0.158 e. The van der Waals surface area contributed by atoms with Crippen molar-refractivity contribution in [1.82, 2.24) is 14.5 Å². The molecule has 0 radical (unpaired) electrons. The van der Waals surface area contributed by atoms with Crippen LogP contribution in [-0.2, 0) is 16.1 Å². The Labute approximate surface area is 176 Å². The number of ether oxygens (including phenoxy) is 2. The number of aromatic nitrogens is 3. The first-order valence-corrected chi connectivity index (χ1v) is 10.9. The molecule has 0 bridgehead atoms. The van der Waals surface area contributed by atoms with Gasteiger partial charge in [0.05, 0.1) is 27.9 Å². The Hall–Kier alpha value is -1.76. The third kappa shape index (κ3) is 4.45. The average molecular weight is 433 g/mol. The average Bonchev–Trinajstić information content (AvgIpc) is 3.41. The topological polar surface area (TPSA) is 73.0 Å². The molecule has 0 amide bonds. The van der Waals surface area contributed by atoms with Gasteiger partial charge >= 0.3 is 0 Å². The first kappa shape index (κ1) is 19.6. The number of allylic oxidation sites excluding steroid dienone is 1. The highest BCUT2D eigenvalue weighted by molar-refractivity contribution is 8.31. The number of nitrogens with zero attached hydrogens (tertiary/aromatic N) is 4. The van der Waals surface area contributed by atoms with Gasteiger partial charge in [0.2, 0.25) is 0 Å². The molecule has 0 spiro atoms. The Balaban J connectivity index is 1.44. The van der Waals surface area contributed by atoms with Crippen LogP contribution < -0.4 is 0 Å². The van der Waals surface area contributed by atoms with Gasteiger partial charge in [0.25, 0.3) is 0 Å².